The fourth-order valence-electron chi connectivity index (χ4n) is 3.52. The van der Waals surface area contributed by atoms with Crippen molar-refractivity contribution in [2.45, 2.75) is 26.2 Å². The van der Waals surface area contributed by atoms with Gasteiger partial charge in [0.1, 0.15) is 11.5 Å². The number of Topliss-reactive ketones (excluding diaryl/α,β-unsaturated/α-hetero) is 1. The first kappa shape index (κ1) is 19.7. The molecule has 146 valence electrons. The van der Waals surface area contributed by atoms with Crippen molar-refractivity contribution < 1.29 is 9.18 Å². The maximum Gasteiger partial charge on any atom is 0.178 e. The van der Waals surface area contributed by atoms with E-state index in [1.54, 1.807) is 15.2 Å². The molecule has 29 heavy (non-hydrogen) atoms. The number of ketones is 1. The van der Waals surface area contributed by atoms with Crippen molar-refractivity contribution in [2.24, 2.45) is 0 Å². The molecule has 4 aromatic rings. The van der Waals surface area contributed by atoms with E-state index >= 15 is 0 Å². The lowest BCUT2D eigenvalue weighted by atomic mass is 9.98. The van der Waals surface area contributed by atoms with Gasteiger partial charge in [-0.05, 0) is 59.7 Å². The normalized spacial score (nSPS) is 11.1. The molecule has 6 heteroatoms. The van der Waals surface area contributed by atoms with E-state index in [1.807, 2.05) is 48.7 Å². The molecule has 0 aliphatic carbocycles. The fraction of sp³-hybridized carbons (Fsp3) is 0.174. The Morgan fingerprint density at radius 2 is 1.83 bits per heavy atom. The number of aromatic nitrogens is 3. The van der Waals surface area contributed by atoms with Gasteiger partial charge in [0.2, 0.25) is 0 Å². The molecule has 4 nitrogen and oxygen atoms in total. The second kappa shape index (κ2) is 8.41. The number of carbonyl (C=O) groups is 1. The Balaban J connectivity index is 1.48. The number of halogens is 2. The van der Waals surface area contributed by atoms with Crippen LogP contribution in [0.25, 0.3) is 22.0 Å². The highest BCUT2D eigenvalue weighted by Gasteiger charge is 2.10. The van der Waals surface area contributed by atoms with E-state index in [0.29, 0.717) is 24.1 Å². The van der Waals surface area contributed by atoms with Crippen LogP contribution in [0.1, 0.15) is 35.0 Å². The number of rotatable bonds is 6. The van der Waals surface area contributed by atoms with Crippen molar-refractivity contribution in [3.8, 4) is 11.1 Å². The first-order valence-corrected chi connectivity index (χ1v) is 10.4. The monoisotopic (exact) mass is 499 g/mol. The molecule has 0 N–H and O–H groups in total. The molecule has 0 spiro atoms. The van der Waals surface area contributed by atoms with Gasteiger partial charge < -0.3 is 0 Å². The predicted octanol–water partition coefficient (Wildman–Crippen LogP) is 5.81. The maximum atomic E-state index is 14.7. The summed E-state index contributed by atoms with van der Waals surface area (Å²) in [4.78, 5) is 15.8. The Labute approximate surface area is 182 Å². The highest BCUT2D eigenvalue weighted by Crippen LogP contribution is 2.26. The summed E-state index contributed by atoms with van der Waals surface area (Å²) in [7, 11) is 0. The maximum absolute atomic E-state index is 14.7. The molecule has 0 bridgehead atoms. The van der Waals surface area contributed by atoms with Gasteiger partial charge >= 0.3 is 0 Å². The highest BCUT2D eigenvalue weighted by molar-refractivity contribution is 14.1. The van der Waals surface area contributed by atoms with Gasteiger partial charge in [0.15, 0.2) is 5.78 Å². The molecule has 0 saturated heterocycles. The largest absolute Gasteiger partial charge is 0.293 e. The average molecular weight is 499 g/mol. The van der Waals surface area contributed by atoms with Crippen LogP contribution in [0.4, 0.5) is 4.39 Å². The van der Waals surface area contributed by atoms with Crippen LogP contribution in [0.2, 0.25) is 0 Å². The Hall–Kier alpha value is -2.61. The number of hydrogen-bond donors (Lipinski definition) is 0. The van der Waals surface area contributed by atoms with Crippen molar-refractivity contribution in [3.63, 3.8) is 0 Å². The van der Waals surface area contributed by atoms with E-state index in [4.69, 9.17) is 0 Å². The van der Waals surface area contributed by atoms with Crippen molar-refractivity contribution in [1.29, 1.82) is 0 Å². The Bertz CT molecular complexity index is 1200. The van der Waals surface area contributed by atoms with Gasteiger partial charge in [-0.2, -0.15) is 5.10 Å². The van der Waals surface area contributed by atoms with Crippen LogP contribution in [0.5, 0.6) is 0 Å². The minimum absolute atomic E-state index is 0.0412. The van der Waals surface area contributed by atoms with Crippen LogP contribution in [0, 0.1) is 5.82 Å². The first-order chi connectivity index (χ1) is 14.0. The number of hydrogen-bond acceptors (Lipinski definition) is 3. The Morgan fingerprint density at radius 3 is 2.62 bits per heavy atom. The van der Waals surface area contributed by atoms with E-state index < -0.39 is 0 Å². The van der Waals surface area contributed by atoms with Crippen LogP contribution in [0.15, 0.2) is 60.9 Å². The summed E-state index contributed by atoms with van der Waals surface area (Å²) in [6.45, 7) is 1.52. The zero-order valence-electron chi connectivity index (χ0n) is 15.9. The van der Waals surface area contributed by atoms with Gasteiger partial charge in [-0.25, -0.2) is 7.29 Å². The molecule has 0 atom stereocenters. The molecule has 4 rings (SSSR count). The van der Waals surface area contributed by atoms with E-state index in [-0.39, 0.29) is 11.6 Å². The third-order valence-electron chi connectivity index (χ3n) is 4.98. The zero-order chi connectivity index (χ0) is 20.4. The molecule has 0 unspecified atom stereocenters. The SMILES string of the molecule is CC(=O)c1ncccc1CCCc1ccc(-c2ccc3cn(I)nc3c2)cc1F. The summed E-state index contributed by atoms with van der Waals surface area (Å²) in [5.41, 5.74) is 4.77. The molecule has 0 aliphatic heterocycles. The minimum Gasteiger partial charge on any atom is -0.293 e. The van der Waals surface area contributed by atoms with E-state index in [9.17, 15) is 9.18 Å². The summed E-state index contributed by atoms with van der Waals surface area (Å²) in [6.07, 6.45) is 5.63. The van der Waals surface area contributed by atoms with Gasteiger partial charge in [0.25, 0.3) is 0 Å². The molecule has 2 heterocycles. The van der Waals surface area contributed by atoms with Crippen molar-refractivity contribution in [1.82, 2.24) is 13.0 Å². The third-order valence-corrected chi connectivity index (χ3v) is 5.48. The van der Waals surface area contributed by atoms with Gasteiger partial charge in [-0.15, -0.1) is 0 Å². The van der Waals surface area contributed by atoms with Crippen molar-refractivity contribution in [2.75, 3.05) is 0 Å². The lowest BCUT2D eigenvalue weighted by molar-refractivity contribution is 0.101. The van der Waals surface area contributed by atoms with Crippen LogP contribution in [0.3, 0.4) is 0 Å². The predicted molar refractivity (Wildman–Crippen MR) is 121 cm³/mol. The number of pyridine rings is 1. The molecule has 0 fully saturated rings. The van der Waals surface area contributed by atoms with Crippen LogP contribution < -0.4 is 0 Å². The molecule has 0 saturated carbocycles. The van der Waals surface area contributed by atoms with Crippen molar-refractivity contribution in [3.05, 3.63) is 83.6 Å². The highest BCUT2D eigenvalue weighted by atomic mass is 127. The van der Waals surface area contributed by atoms with Crippen molar-refractivity contribution >= 4 is 39.6 Å². The minimum atomic E-state index is -0.208. The van der Waals surface area contributed by atoms with Gasteiger partial charge in [0, 0.05) is 24.7 Å². The first-order valence-electron chi connectivity index (χ1n) is 9.40. The van der Waals surface area contributed by atoms with Gasteiger partial charge in [0.05, 0.1) is 28.4 Å². The number of fused-ring (bicyclic) bond motifs is 1. The lowest BCUT2D eigenvalue weighted by Gasteiger charge is -2.08. The van der Waals surface area contributed by atoms with Crippen LogP contribution in [-0.2, 0) is 12.8 Å². The average Bonchev–Trinajstić information content (AvgIpc) is 3.08. The Morgan fingerprint density at radius 1 is 1.07 bits per heavy atom. The third kappa shape index (κ3) is 4.37. The number of carbonyl (C=O) groups excluding carboxylic acids is 1. The number of aryl methyl sites for hydroxylation is 2. The topological polar surface area (TPSA) is 47.8 Å². The number of benzene rings is 2. The summed E-state index contributed by atoms with van der Waals surface area (Å²) < 4.78 is 16.4. The second-order valence-corrected chi connectivity index (χ2v) is 8.01. The second-order valence-electron chi connectivity index (χ2n) is 7.02. The molecule has 0 radical (unpaired) electrons. The zero-order valence-corrected chi connectivity index (χ0v) is 18.1. The molecule has 0 aliphatic rings. The van der Waals surface area contributed by atoms with Gasteiger partial charge in [-0.3, -0.25) is 9.78 Å². The quantitative estimate of drug-likeness (QED) is 0.249. The van der Waals surface area contributed by atoms with E-state index in [2.05, 4.69) is 32.9 Å². The Kier molecular flexibility index (Phi) is 5.71. The fourth-order valence-corrected chi connectivity index (χ4v) is 4.05. The molecular weight excluding hydrogens is 480 g/mol. The lowest BCUT2D eigenvalue weighted by Crippen LogP contribution is -2.03. The van der Waals surface area contributed by atoms with E-state index in [1.165, 1.54) is 6.92 Å². The molecule has 2 aromatic carbocycles. The summed E-state index contributed by atoms with van der Waals surface area (Å²) in [6, 6.07) is 15.1. The van der Waals surface area contributed by atoms with Crippen LogP contribution in [-0.4, -0.2) is 18.8 Å². The number of nitrogens with zero attached hydrogens (tertiary/aromatic N) is 3. The summed E-state index contributed by atoms with van der Waals surface area (Å²) in [5, 5.41) is 5.46. The standard InChI is InChI=1S/C23H19FIN3O/c1-15(29)23-17(6-3-11-26-23)5-2-4-16-7-8-18(12-21(16)24)19-9-10-20-14-28(25)27-22(20)13-19/h3,6-14H,2,4-5H2,1H3. The van der Waals surface area contributed by atoms with Crippen LogP contribution >= 0.6 is 22.9 Å². The molecule has 0 amide bonds. The van der Waals surface area contributed by atoms with Gasteiger partial charge in [-0.1, -0.05) is 30.3 Å². The molecule has 2 aromatic heterocycles. The summed E-state index contributed by atoms with van der Waals surface area (Å²) >= 11 is 2.11. The summed E-state index contributed by atoms with van der Waals surface area (Å²) in [5.74, 6) is -0.250. The van der Waals surface area contributed by atoms with E-state index in [0.717, 1.165) is 34.0 Å². The smallest absolute Gasteiger partial charge is 0.178 e. The molecular formula is C23H19FIN3O.